The third-order valence-corrected chi connectivity index (χ3v) is 4.31. The molecule has 8 heteroatoms. The van der Waals surface area contributed by atoms with Crippen LogP contribution in [-0.2, 0) is 4.74 Å². The first-order chi connectivity index (χ1) is 11.7. The molecule has 1 saturated carbocycles. The minimum atomic E-state index is -0.121. The first kappa shape index (κ1) is 15.1. The van der Waals surface area contributed by atoms with E-state index < -0.39 is 0 Å². The summed E-state index contributed by atoms with van der Waals surface area (Å²) >= 11 is 0. The number of amides is 2. The van der Waals surface area contributed by atoms with Gasteiger partial charge in [0.05, 0.1) is 30.3 Å². The molecule has 3 heterocycles. The number of morpholine rings is 1. The lowest BCUT2D eigenvalue weighted by Gasteiger charge is -2.36. The maximum atomic E-state index is 12.5. The van der Waals surface area contributed by atoms with E-state index in [1.165, 1.54) is 17.5 Å². The Balaban J connectivity index is 1.41. The van der Waals surface area contributed by atoms with E-state index >= 15 is 0 Å². The topological polar surface area (TPSA) is 85.2 Å². The molecule has 0 spiro atoms. The number of carbonyl (C=O) groups excluding carboxylic acids is 1. The summed E-state index contributed by atoms with van der Waals surface area (Å²) in [5, 5.41) is 7.08. The molecule has 4 rings (SSSR count). The number of anilines is 1. The number of aromatic nitrogens is 4. The molecule has 2 amide bonds. The largest absolute Gasteiger partial charge is 0.371 e. The van der Waals surface area contributed by atoms with Crippen molar-refractivity contribution in [2.45, 2.75) is 32.0 Å². The Hall–Kier alpha value is -2.48. The van der Waals surface area contributed by atoms with Crippen molar-refractivity contribution in [3.05, 3.63) is 30.9 Å². The number of hydrogen-bond donors (Lipinski definition) is 1. The van der Waals surface area contributed by atoms with Crippen molar-refractivity contribution < 1.29 is 9.53 Å². The van der Waals surface area contributed by atoms with E-state index in [-0.39, 0.29) is 18.2 Å². The van der Waals surface area contributed by atoms with Crippen LogP contribution in [0.1, 0.15) is 19.8 Å². The molecule has 2 atom stereocenters. The monoisotopic (exact) mass is 328 g/mol. The van der Waals surface area contributed by atoms with Crippen LogP contribution in [0.15, 0.2) is 30.9 Å². The predicted molar refractivity (Wildman–Crippen MR) is 86.8 cm³/mol. The lowest BCUT2D eigenvalue weighted by molar-refractivity contribution is -0.0717. The van der Waals surface area contributed by atoms with E-state index in [2.05, 4.69) is 20.4 Å². The Morgan fingerprint density at radius 3 is 2.83 bits per heavy atom. The Morgan fingerprint density at radius 1 is 1.29 bits per heavy atom. The highest BCUT2D eigenvalue weighted by Crippen LogP contribution is 2.36. The van der Waals surface area contributed by atoms with Crippen molar-refractivity contribution in [3.8, 4) is 5.95 Å². The van der Waals surface area contributed by atoms with Gasteiger partial charge in [-0.2, -0.15) is 5.10 Å². The quantitative estimate of drug-likeness (QED) is 0.927. The van der Waals surface area contributed by atoms with E-state index in [0.29, 0.717) is 30.6 Å². The molecule has 0 bridgehead atoms. The second-order valence-corrected chi connectivity index (χ2v) is 6.38. The SMILES string of the molecule is C[C@H]1CN(C(=O)Nc2cnn(-c3ncccn3)c2)C[C@@H](C2CC2)O1. The molecule has 0 aromatic carbocycles. The number of urea groups is 1. The van der Waals surface area contributed by atoms with Gasteiger partial charge in [0.1, 0.15) is 0 Å². The van der Waals surface area contributed by atoms with Crippen LogP contribution in [0.25, 0.3) is 5.95 Å². The molecular weight excluding hydrogens is 308 g/mol. The molecule has 1 aliphatic carbocycles. The Labute approximate surface area is 139 Å². The van der Waals surface area contributed by atoms with E-state index in [1.54, 1.807) is 30.9 Å². The van der Waals surface area contributed by atoms with Crippen LogP contribution in [0.3, 0.4) is 0 Å². The molecule has 1 saturated heterocycles. The van der Waals surface area contributed by atoms with Gasteiger partial charge in [0, 0.05) is 25.5 Å². The van der Waals surface area contributed by atoms with Gasteiger partial charge in [-0.15, -0.1) is 0 Å². The maximum Gasteiger partial charge on any atom is 0.322 e. The van der Waals surface area contributed by atoms with E-state index in [4.69, 9.17) is 4.74 Å². The summed E-state index contributed by atoms with van der Waals surface area (Å²) in [6.07, 6.45) is 9.24. The van der Waals surface area contributed by atoms with Crippen LogP contribution in [-0.4, -0.2) is 56.0 Å². The van der Waals surface area contributed by atoms with Gasteiger partial charge in [-0.1, -0.05) is 0 Å². The zero-order valence-corrected chi connectivity index (χ0v) is 13.5. The van der Waals surface area contributed by atoms with Gasteiger partial charge in [-0.3, -0.25) is 0 Å². The van der Waals surface area contributed by atoms with Crippen molar-refractivity contribution in [2.75, 3.05) is 18.4 Å². The summed E-state index contributed by atoms with van der Waals surface area (Å²) < 4.78 is 7.48. The van der Waals surface area contributed by atoms with Crippen LogP contribution in [0.5, 0.6) is 0 Å². The average Bonchev–Trinajstić information content (AvgIpc) is 3.35. The summed E-state index contributed by atoms with van der Waals surface area (Å²) in [7, 11) is 0. The zero-order chi connectivity index (χ0) is 16.5. The maximum absolute atomic E-state index is 12.5. The van der Waals surface area contributed by atoms with Gasteiger partial charge in [0.15, 0.2) is 0 Å². The smallest absolute Gasteiger partial charge is 0.322 e. The van der Waals surface area contributed by atoms with E-state index in [0.717, 1.165) is 0 Å². The number of rotatable bonds is 3. The molecule has 2 aliphatic rings. The zero-order valence-electron chi connectivity index (χ0n) is 13.5. The summed E-state index contributed by atoms with van der Waals surface area (Å²) in [5.41, 5.74) is 0.620. The van der Waals surface area contributed by atoms with Gasteiger partial charge in [0.2, 0.25) is 5.95 Å². The fourth-order valence-corrected chi connectivity index (χ4v) is 2.99. The second kappa shape index (κ2) is 6.20. The number of nitrogens with zero attached hydrogens (tertiary/aromatic N) is 5. The molecular formula is C16H20N6O2. The van der Waals surface area contributed by atoms with Crippen molar-refractivity contribution >= 4 is 11.7 Å². The lowest BCUT2D eigenvalue weighted by atomic mass is 10.1. The molecule has 126 valence electrons. The van der Waals surface area contributed by atoms with Gasteiger partial charge in [-0.05, 0) is 31.7 Å². The van der Waals surface area contributed by atoms with Crippen LogP contribution in [0, 0.1) is 5.92 Å². The molecule has 2 aromatic rings. The number of carbonyl (C=O) groups is 1. The fourth-order valence-electron chi connectivity index (χ4n) is 2.99. The van der Waals surface area contributed by atoms with Gasteiger partial charge in [0.25, 0.3) is 0 Å². The van der Waals surface area contributed by atoms with Crippen molar-refractivity contribution in [3.63, 3.8) is 0 Å². The minimum Gasteiger partial charge on any atom is -0.371 e. The van der Waals surface area contributed by atoms with Gasteiger partial charge < -0.3 is 15.0 Å². The van der Waals surface area contributed by atoms with Gasteiger partial charge >= 0.3 is 6.03 Å². The molecule has 24 heavy (non-hydrogen) atoms. The number of ether oxygens (including phenoxy) is 1. The highest BCUT2D eigenvalue weighted by atomic mass is 16.5. The number of nitrogens with one attached hydrogen (secondary N) is 1. The first-order valence-electron chi connectivity index (χ1n) is 8.22. The first-order valence-corrected chi connectivity index (χ1v) is 8.22. The highest BCUT2D eigenvalue weighted by molar-refractivity contribution is 5.89. The Morgan fingerprint density at radius 2 is 2.08 bits per heavy atom. The van der Waals surface area contributed by atoms with Crippen LogP contribution in [0.4, 0.5) is 10.5 Å². The minimum absolute atomic E-state index is 0.0653. The van der Waals surface area contributed by atoms with E-state index in [9.17, 15) is 4.79 Å². The van der Waals surface area contributed by atoms with Crippen molar-refractivity contribution in [1.82, 2.24) is 24.6 Å². The summed E-state index contributed by atoms with van der Waals surface area (Å²) in [5.74, 6) is 1.08. The standard InChI is InChI=1S/C16H20N6O2/c1-11-8-21(10-14(24-11)12-3-4-12)16(23)20-13-7-19-22(9-13)15-17-5-2-6-18-15/h2,5-7,9,11-12,14H,3-4,8,10H2,1H3,(H,20,23)/t11-,14-/m0/s1. The summed E-state index contributed by atoms with van der Waals surface area (Å²) in [4.78, 5) is 22.6. The van der Waals surface area contributed by atoms with Crippen molar-refractivity contribution in [2.24, 2.45) is 5.92 Å². The molecule has 2 fully saturated rings. The third kappa shape index (κ3) is 3.23. The Kier molecular flexibility index (Phi) is 3.89. The van der Waals surface area contributed by atoms with Crippen LogP contribution >= 0.6 is 0 Å². The molecule has 0 unspecified atom stereocenters. The molecule has 1 aliphatic heterocycles. The van der Waals surface area contributed by atoms with E-state index in [1.807, 2.05) is 11.8 Å². The molecule has 2 aromatic heterocycles. The van der Waals surface area contributed by atoms with Crippen LogP contribution in [0.2, 0.25) is 0 Å². The molecule has 0 radical (unpaired) electrons. The lowest BCUT2D eigenvalue weighted by Crippen LogP contribution is -2.51. The van der Waals surface area contributed by atoms with Gasteiger partial charge in [-0.25, -0.2) is 19.4 Å². The fraction of sp³-hybridized carbons (Fsp3) is 0.500. The van der Waals surface area contributed by atoms with Crippen LogP contribution < -0.4 is 5.32 Å². The Bertz CT molecular complexity index is 714. The molecule has 8 nitrogen and oxygen atoms in total. The second-order valence-electron chi connectivity index (χ2n) is 6.38. The normalized spacial score (nSPS) is 24.0. The summed E-state index contributed by atoms with van der Waals surface area (Å²) in [6, 6.07) is 1.62. The predicted octanol–water partition coefficient (Wildman–Crippen LogP) is 1.69. The third-order valence-electron chi connectivity index (χ3n) is 4.31. The highest BCUT2D eigenvalue weighted by Gasteiger charge is 2.38. The average molecular weight is 328 g/mol. The van der Waals surface area contributed by atoms with Crippen molar-refractivity contribution in [1.29, 1.82) is 0 Å². The summed E-state index contributed by atoms with van der Waals surface area (Å²) in [6.45, 7) is 3.27. The number of hydrogen-bond acceptors (Lipinski definition) is 5. The molecule has 1 N–H and O–H groups in total.